The van der Waals surface area contributed by atoms with E-state index >= 15 is 0 Å². The van der Waals surface area contributed by atoms with Gasteiger partial charge in [-0.1, -0.05) is 38.5 Å². The molecule has 0 bridgehead atoms. The molecule has 2 fully saturated rings. The molecule has 4 N–H and O–H groups in total. The minimum Gasteiger partial charge on any atom is -0.392 e. The van der Waals surface area contributed by atoms with Gasteiger partial charge in [0.25, 0.3) is 0 Å². The van der Waals surface area contributed by atoms with Crippen molar-refractivity contribution >= 4 is 23.5 Å². The standard InChI is InChI=1S/C18H26N4S2/c19-11-15(17(21)23-13-7-3-1-4-8-13)16(12-20)18(22)24-14-9-5-2-6-10-14/h13-14H,1-10,21-22H2. The van der Waals surface area contributed by atoms with E-state index in [0.717, 1.165) is 25.7 Å². The average Bonchev–Trinajstić information content (AvgIpc) is 2.61. The van der Waals surface area contributed by atoms with Crippen LogP contribution in [0, 0.1) is 22.7 Å². The van der Waals surface area contributed by atoms with Gasteiger partial charge in [0.05, 0.1) is 10.1 Å². The molecule has 6 heteroatoms. The lowest BCUT2D eigenvalue weighted by Crippen LogP contribution is -2.14. The summed E-state index contributed by atoms with van der Waals surface area (Å²) in [4.78, 5) is 0. The van der Waals surface area contributed by atoms with E-state index in [2.05, 4.69) is 12.1 Å². The highest BCUT2D eigenvalue weighted by Gasteiger charge is 2.22. The summed E-state index contributed by atoms with van der Waals surface area (Å²) in [6.45, 7) is 0. The van der Waals surface area contributed by atoms with Crippen LogP contribution in [-0.4, -0.2) is 10.5 Å². The van der Waals surface area contributed by atoms with E-state index in [1.54, 1.807) is 23.5 Å². The van der Waals surface area contributed by atoms with Gasteiger partial charge in [0.15, 0.2) is 0 Å². The van der Waals surface area contributed by atoms with Crippen LogP contribution in [0.4, 0.5) is 0 Å². The number of rotatable bonds is 5. The molecule has 0 amide bonds. The van der Waals surface area contributed by atoms with Crippen LogP contribution in [-0.2, 0) is 0 Å². The van der Waals surface area contributed by atoms with Crippen LogP contribution in [0.3, 0.4) is 0 Å². The molecule has 0 saturated heterocycles. The Morgan fingerprint density at radius 3 is 1.29 bits per heavy atom. The van der Waals surface area contributed by atoms with Crippen LogP contribution in [0.25, 0.3) is 0 Å². The summed E-state index contributed by atoms with van der Waals surface area (Å²) in [7, 11) is 0. The molecule has 2 saturated carbocycles. The second-order valence-corrected chi connectivity index (χ2v) is 9.14. The Bertz CT molecular complexity index is 519. The fourth-order valence-electron chi connectivity index (χ4n) is 3.31. The van der Waals surface area contributed by atoms with Crippen molar-refractivity contribution in [1.29, 1.82) is 10.5 Å². The van der Waals surface area contributed by atoms with E-state index in [1.165, 1.54) is 38.5 Å². The van der Waals surface area contributed by atoms with Gasteiger partial charge in [-0.2, -0.15) is 10.5 Å². The third-order valence-corrected chi connectivity index (χ3v) is 7.18. The molecule has 0 aliphatic heterocycles. The van der Waals surface area contributed by atoms with Crippen LogP contribution >= 0.6 is 23.5 Å². The van der Waals surface area contributed by atoms with E-state index in [9.17, 15) is 10.5 Å². The molecule has 2 rings (SSSR count). The van der Waals surface area contributed by atoms with Gasteiger partial charge in [0.1, 0.15) is 23.3 Å². The molecular weight excluding hydrogens is 336 g/mol. The zero-order chi connectivity index (χ0) is 17.4. The van der Waals surface area contributed by atoms with Gasteiger partial charge in [-0.15, -0.1) is 23.5 Å². The second-order valence-electron chi connectivity index (χ2n) is 6.46. The van der Waals surface area contributed by atoms with Crippen molar-refractivity contribution in [3.63, 3.8) is 0 Å². The highest BCUT2D eigenvalue weighted by molar-refractivity contribution is 8.04. The predicted molar refractivity (Wildman–Crippen MR) is 103 cm³/mol. The maximum absolute atomic E-state index is 9.53. The van der Waals surface area contributed by atoms with Crippen LogP contribution in [0.5, 0.6) is 0 Å². The Hall–Kier alpha value is -1.24. The molecular formula is C18H26N4S2. The first-order chi connectivity index (χ1) is 11.7. The Morgan fingerprint density at radius 1 is 0.667 bits per heavy atom. The number of hydrogen-bond acceptors (Lipinski definition) is 6. The smallest absolute Gasteiger partial charge is 0.103 e. The first-order valence-electron chi connectivity index (χ1n) is 8.79. The van der Waals surface area contributed by atoms with Gasteiger partial charge in [-0.3, -0.25) is 0 Å². The zero-order valence-electron chi connectivity index (χ0n) is 14.1. The SMILES string of the molecule is N#CC(=C(N)SC1CCCCC1)C(C#N)=C(N)SC1CCCCC1. The lowest BCUT2D eigenvalue weighted by atomic mass is 10.0. The van der Waals surface area contributed by atoms with Crippen LogP contribution in [0.2, 0.25) is 0 Å². The Balaban J connectivity index is 2.14. The van der Waals surface area contributed by atoms with E-state index < -0.39 is 0 Å². The van der Waals surface area contributed by atoms with Crippen molar-refractivity contribution in [3.8, 4) is 12.1 Å². The van der Waals surface area contributed by atoms with E-state index in [0.29, 0.717) is 20.6 Å². The lowest BCUT2D eigenvalue weighted by molar-refractivity contribution is 0.516. The van der Waals surface area contributed by atoms with Crippen LogP contribution in [0.1, 0.15) is 64.2 Å². The van der Waals surface area contributed by atoms with Crippen LogP contribution in [0.15, 0.2) is 21.2 Å². The number of thioether (sulfide) groups is 2. The zero-order valence-corrected chi connectivity index (χ0v) is 15.7. The first-order valence-corrected chi connectivity index (χ1v) is 10.5. The van der Waals surface area contributed by atoms with Crippen molar-refractivity contribution in [1.82, 2.24) is 0 Å². The van der Waals surface area contributed by atoms with E-state index in [1.807, 2.05) is 0 Å². The predicted octanol–water partition coefficient (Wildman–Crippen LogP) is 4.51. The summed E-state index contributed by atoms with van der Waals surface area (Å²) >= 11 is 3.09. The minimum absolute atomic E-state index is 0.258. The van der Waals surface area contributed by atoms with Gasteiger partial charge in [-0.05, 0) is 25.7 Å². The van der Waals surface area contributed by atoms with Crippen molar-refractivity contribution < 1.29 is 0 Å². The fraction of sp³-hybridized carbons (Fsp3) is 0.667. The molecule has 0 spiro atoms. The summed E-state index contributed by atoms with van der Waals surface area (Å²) in [5, 5.41) is 20.9. The molecule has 0 atom stereocenters. The van der Waals surface area contributed by atoms with E-state index in [-0.39, 0.29) is 11.1 Å². The normalized spacial score (nSPS) is 22.1. The number of nitrogens with zero attached hydrogens (tertiary/aromatic N) is 2. The Kier molecular flexibility index (Phi) is 7.88. The van der Waals surface area contributed by atoms with Gasteiger partial charge >= 0.3 is 0 Å². The van der Waals surface area contributed by atoms with Crippen LogP contribution < -0.4 is 11.5 Å². The molecule has 130 valence electrons. The molecule has 0 unspecified atom stereocenters. The van der Waals surface area contributed by atoms with Crippen molar-refractivity contribution in [2.45, 2.75) is 74.7 Å². The fourth-order valence-corrected chi connectivity index (χ4v) is 5.70. The minimum atomic E-state index is 0.258. The molecule has 0 aromatic heterocycles. The van der Waals surface area contributed by atoms with Gasteiger partial charge in [-0.25, -0.2) is 0 Å². The second kappa shape index (κ2) is 9.91. The highest BCUT2D eigenvalue weighted by Crippen LogP contribution is 2.36. The molecule has 0 aromatic carbocycles. The van der Waals surface area contributed by atoms with E-state index in [4.69, 9.17) is 11.5 Å². The third kappa shape index (κ3) is 5.40. The number of nitriles is 2. The molecule has 4 nitrogen and oxygen atoms in total. The molecule has 0 heterocycles. The summed E-state index contributed by atoms with van der Waals surface area (Å²) in [5.41, 5.74) is 12.9. The summed E-state index contributed by atoms with van der Waals surface area (Å²) in [5.74, 6) is 0. The largest absolute Gasteiger partial charge is 0.392 e. The third-order valence-electron chi connectivity index (χ3n) is 4.66. The topological polar surface area (TPSA) is 99.6 Å². The molecule has 0 aromatic rings. The summed E-state index contributed by atoms with van der Waals surface area (Å²) in [6.07, 6.45) is 11.9. The summed E-state index contributed by atoms with van der Waals surface area (Å²) in [6, 6.07) is 4.24. The maximum atomic E-state index is 9.53. The number of hydrogen-bond donors (Lipinski definition) is 2. The Labute approximate surface area is 153 Å². The lowest BCUT2D eigenvalue weighted by Gasteiger charge is -2.22. The number of nitrogens with two attached hydrogens (primary N) is 2. The maximum Gasteiger partial charge on any atom is 0.103 e. The molecule has 2 aliphatic rings. The molecule has 2 aliphatic carbocycles. The van der Waals surface area contributed by atoms with Gasteiger partial charge in [0, 0.05) is 10.5 Å². The molecule has 0 radical (unpaired) electrons. The monoisotopic (exact) mass is 362 g/mol. The molecule has 24 heavy (non-hydrogen) atoms. The quantitative estimate of drug-likeness (QED) is 0.551. The van der Waals surface area contributed by atoms with Crippen molar-refractivity contribution in [2.24, 2.45) is 11.5 Å². The first kappa shape index (κ1) is 19.1. The van der Waals surface area contributed by atoms with Gasteiger partial charge < -0.3 is 11.5 Å². The van der Waals surface area contributed by atoms with Crippen molar-refractivity contribution in [3.05, 3.63) is 21.2 Å². The number of allylic oxidation sites excluding steroid dienone is 2. The highest BCUT2D eigenvalue weighted by atomic mass is 32.2. The van der Waals surface area contributed by atoms with Crippen molar-refractivity contribution in [2.75, 3.05) is 0 Å². The summed E-state index contributed by atoms with van der Waals surface area (Å²) < 4.78 is 0. The Morgan fingerprint density at radius 2 is 1.00 bits per heavy atom. The average molecular weight is 363 g/mol. The van der Waals surface area contributed by atoms with Gasteiger partial charge in [0.2, 0.25) is 0 Å².